The van der Waals surface area contributed by atoms with Gasteiger partial charge in [-0.1, -0.05) is 6.92 Å². The SMILES string of the molecule is CC1[CH]CCN(C)C1(C)C. The van der Waals surface area contributed by atoms with Crippen molar-refractivity contribution in [1.29, 1.82) is 0 Å². The molecular weight excluding hydrogens is 122 g/mol. The van der Waals surface area contributed by atoms with Crippen LogP contribution in [0.4, 0.5) is 0 Å². The fourth-order valence-corrected chi connectivity index (χ4v) is 1.44. The smallest absolute Gasteiger partial charge is 0.0178 e. The molecular formula is C9H18N. The van der Waals surface area contributed by atoms with E-state index in [9.17, 15) is 0 Å². The Morgan fingerprint density at radius 3 is 2.50 bits per heavy atom. The summed E-state index contributed by atoms with van der Waals surface area (Å²) in [5.74, 6) is 0.728. The van der Waals surface area contributed by atoms with Crippen molar-refractivity contribution in [3.63, 3.8) is 0 Å². The van der Waals surface area contributed by atoms with Gasteiger partial charge in [-0.15, -0.1) is 0 Å². The highest BCUT2D eigenvalue weighted by Crippen LogP contribution is 2.30. The molecule has 0 aromatic heterocycles. The Morgan fingerprint density at radius 1 is 1.50 bits per heavy atom. The zero-order chi connectivity index (χ0) is 7.78. The molecule has 1 fully saturated rings. The summed E-state index contributed by atoms with van der Waals surface area (Å²) in [6.45, 7) is 8.15. The van der Waals surface area contributed by atoms with Gasteiger partial charge in [0.05, 0.1) is 0 Å². The van der Waals surface area contributed by atoms with E-state index < -0.39 is 0 Å². The van der Waals surface area contributed by atoms with Gasteiger partial charge in [-0.25, -0.2) is 0 Å². The highest BCUT2D eigenvalue weighted by atomic mass is 15.2. The molecule has 10 heavy (non-hydrogen) atoms. The van der Waals surface area contributed by atoms with E-state index in [0.717, 1.165) is 5.92 Å². The van der Waals surface area contributed by atoms with E-state index in [4.69, 9.17) is 0 Å². The minimum atomic E-state index is 0.373. The molecule has 1 heteroatoms. The zero-order valence-corrected chi connectivity index (χ0v) is 7.52. The summed E-state index contributed by atoms with van der Waals surface area (Å²) in [4.78, 5) is 2.44. The van der Waals surface area contributed by atoms with Crippen molar-refractivity contribution in [2.45, 2.75) is 32.7 Å². The van der Waals surface area contributed by atoms with E-state index in [1.165, 1.54) is 13.0 Å². The van der Waals surface area contributed by atoms with Crippen LogP contribution in [-0.4, -0.2) is 24.0 Å². The molecule has 1 nitrogen and oxygen atoms in total. The number of hydrogen-bond donors (Lipinski definition) is 0. The van der Waals surface area contributed by atoms with Gasteiger partial charge in [0, 0.05) is 5.54 Å². The predicted molar refractivity (Wildman–Crippen MR) is 44.8 cm³/mol. The Bertz CT molecular complexity index is 106. The molecule has 0 aromatic carbocycles. The average molecular weight is 140 g/mol. The molecule has 1 aliphatic heterocycles. The molecule has 0 spiro atoms. The van der Waals surface area contributed by atoms with Crippen LogP contribution in [0.1, 0.15) is 27.2 Å². The van der Waals surface area contributed by atoms with Crippen LogP contribution in [0.25, 0.3) is 0 Å². The summed E-state index contributed by atoms with van der Waals surface area (Å²) in [6, 6.07) is 0. The third-order valence-corrected chi connectivity index (χ3v) is 3.08. The van der Waals surface area contributed by atoms with Crippen molar-refractivity contribution in [2.24, 2.45) is 5.92 Å². The van der Waals surface area contributed by atoms with Crippen molar-refractivity contribution in [3.05, 3.63) is 6.42 Å². The standard InChI is InChI=1S/C9H18N/c1-8-6-5-7-10(4)9(8,2)3/h6,8H,5,7H2,1-4H3. The van der Waals surface area contributed by atoms with Gasteiger partial charge in [-0.05, 0) is 46.2 Å². The van der Waals surface area contributed by atoms with Gasteiger partial charge in [0.15, 0.2) is 0 Å². The highest BCUT2D eigenvalue weighted by Gasteiger charge is 2.32. The average Bonchev–Trinajstić information content (AvgIpc) is 1.84. The second-order valence-corrected chi connectivity index (χ2v) is 3.89. The second-order valence-electron chi connectivity index (χ2n) is 3.89. The molecule has 1 atom stereocenters. The van der Waals surface area contributed by atoms with Gasteiger partial charge in [-0.3, -0.25) is 0 Å². The van der Waals surface area contributed by atoms with E-state index in [1.807, 2.05) is 0 Å². The topological polar surface area (TPSA) is 3.24 Å². The number of hydrogen-bond acceptors (Lipinski definition) is 1. The normalized spacial score (nSPS) is 34.2. The quantitative estimate of drug-likeness (QED) is 0.497. The van der Waals surface area contributed by atoms with Gasteiger partial charge in [0.1, 0.15) is 0 Å². The van der Waals surface area contributed by atoms with Gasteiger partial charge in [-0.2, -0.15) is 0 Å². The molecule has 1 rings (SSSR count). The second kappa shape index (κ2) is 2.54. The Balaban J connectivity index is 2.63. The maximum Gasteiger partial charge on any atom is 0.0178 e. The molecule has 1 heterocycles. The lowest BCUT2D eigenvalue weighted by atomic mass is 9.81. The highest BCUT2D eigenvalue weighted by molar-refractivity contribution is 4.96. The van der Waals surface area contributed by atoms with E-state index in [2.05, 4.69) is 39.1 Å². The van der Waals surface area contributed by atoms with Crippen molar-refractivity contribution in [1.82, 2.24) is 4.90 Å². The predicted octanol–water partition coefficient (Wildman–Crippen LogP) is 1.94. The van der Waals surface area contributed by atoms with E-state index in [1.54, 1.807) is 0 Å². The maximum absolute atomic E-state index is 2.44. The first kappa shape index (κ1) is 8.06. The number of nitrogens with zero attached hydrogens (tertiary/aromatic N) is 1. The van der Waals surface area contributed by atoms with Crippen molar-refractivity contribution < 1.29 is 0 Å². The van der Waals surface area contributed by atoms with Crippen molar-refractivity contribution in [2.75, 3.05) is 13.6 Å². The summed E-state index contributed by atoms with van der Waals surface area (Å²) >= 11 is 0. The molecule has 0 saturated carbocycles. The summed E-state index contributed by atoms with van der Waals surface area (Å²) in [5, 5.41) is 0. The van der Waals surface area contributed by atoms with Crippen LogP contribution in [0.3, 0.4) is 0 Å². The van der Waals surface area contributed by atoms with Crippen molar-refractivity contribution >= 4 is 0 Å². The summed E-state index contributed by atoms with van der Waals surface area (Å²) in [5.41, 5.74) is 0.373. The van der Waals surface area contributed by atoms with Crippen LogP contribution in [-0.2, 0) is 0 Å². The summed E-state index contributed by atoms with van der Waals surface area (Å²) in [7, 11) is 2.21. The van der Waals surface area contributed by atoms with Crippen molar-refractivity contribution in [3.8, 4) is 0 Å². The Morgan fingerprint density at radius 2 is 2.10 bits per heavy atom. The lowest BCUT2D eigenvalue weighted by Crippen LogP contribution is -2.50. The van der Waals surface area contributed by atoms with Gasteiger partial charge in [0.2, 0.25) is 0 Å². The maximum atomic E-state index is 2.44. The first-order chi connectivity index (χ1) is 4.55. The van der Waals surface area contributed by atoms with Gasteiger partial charge < -0.3 is 4.90 Å². The third-order valence-electron chi connectivity index (χ3n) is 3.08. The summed E-state index contributed by atoms with van der Waals surface area (Å²) < 4.78 is 0. The summed E-state index contributed by atoms with van der Waals surface area (Å²) in [6.07, 6.45) is 3.68. The van der Waals surface area contributed by atoms with Crippen LogP contribution < -0.4 is 0 Å². The molecule has 0 amide bonds. The minimum Gasteiger partial charge on any atom is -0.301 e. The molecule has 1 saturated heterocycles. The lowest BCUT2D eigenvalue weighted by molar-refractivity contribution is 0.0845. The Kier molecular flexibility index (Phi) is 2.04. The largest absolute Gasteiger partial charge is 0.301 e. The Labute approximate surface area is 64.4 Å². The molecule has 1 unspecified atom stereocenters. The van der Waals surface area contributed by atoms with E-state index in [0.29, 0.717) is 5.54 Å². The zero-order valence-electron chi connectivity index (χ0n) is 7.52. The molecule has 0 aromatic rings. The van der Waals surface area contributed by atoms with Gasteiger partial charge >= 0.3 is 0 Å². The van der Waals surface area contributed by atoms with Crippen LogP contribution in [0.2, 0.25) is 0 Å². The number of piperidine rings is 1. The lowest BCUT2D eigenvalue weighted by Gasteiger charge is -2.44. The van der Waals surface area contributed by atoms with Crippen LogP contribution in [0.15, 0.2) is 0 Å². The molecule has 0 bridgehead atoms. The Hall–Kier alpha value is -0.0400. The minimum absolute atomic E-state index is 0.373. The van der Waals surface area contributed by atoms with Crippen LogP contribution in [0, 0.1) is 12.3 Å². The third kappa shape index (κ3) is 1.20. The number of rotatable bonds is 0. The monoisotopic (exact) mass is 140 g/mol. The molecule has 59 valence electrons. The van der Waals surface area contributed by atoms with E-state index >= 15 is 0 Å². The van der Waals surface area contributed by atoms with Crippen LogP contribution in [0.5, 0.6) is 0 Å². The molecule has 1 aliphatic rings. The fraction of sp³-hybridized carbons (Fsp3) is 0.889. The fourth-order valence-electron chi connectivity index (χ4n) is 1.44. The van der Waals surface area contributed by atoms with Gasteiger partial charge in [0.25, 0.3) is 0 Å². The first-order valence-electron chi connectivity index (χ1n) is 4.09. The van der Waals surface area contributed by atoms with Crippen LogP contribution >= 0.6 is 0 Å². The molecule has 0 N–H and O–H groups in total. The van der Waals surface area contributed by atoms with E-state index in [-0.39, 0.29) is 0 Å². The molecule has 0 aliphatic carbocycles. The number of likely N-dealkylation sites (tertiary alicyclic amines) is 1. The molecule has 1 radical (unpaired) electrons. The first-order valence-corrected chi connectivity index (χ1v) is 4.09.